The van der Waals surface area contributed by atoms with Gasteiger partial charge in [0.1, 0.15) is 4.64 Å². The Balaban J connectivity index is 2.81. The molecular formula is C10H12N2S2. The molecule has 2 heterocycles. The van der Waals surface area contributed by atoms with Crippen molar-refractivity contribution >= 4 is 33.6 Å². The van der Waals surface area contributed by atoms with Gasteiger partial charge in [0.05, 0.1) is 0 Å². The van der Waals surface area contributed by atoms with Crippen molar-refractivity contribution in [1.29, 1.82) is 0 Å². The van der Waals surface area contributed by atoms with Crippen LogP contribution in [0, 0.1) is 11.6 Å². The third-order valence-electron chi connectivity index (χ3n) is 2.12. The number of aryl methyl sites for hydroxylation is 1. The summed E-state index contributed by atoms with van der Waals surface area (Å²) in [6, 6.07) is 4.27. The fourth-order valence-electron chi connectivity index (χ4n) is 1.47. The van der Waals surface area contributed by atoms with E-state index in [1.165, 1.54) is 15.0 Å². The van der Waals surface area contributed by atoms with Gasteiger partial charge in [-0.05, 0) is 19.1 Å². The molecule has 0 aromatic carbocycles. The number of pyridine rings is 1. The lowest BCUT2D eigenvalue weighted by Gasteiger charge is -2.16. The first-order valence-electron chi connectivity index (χ1n) is 4.39. The molecule has 2 nitrogen and oxygen atoms in total. The molecule has 0 radical (unpaired) electrons. The molecule has 74 valence electrons. The standard InChI is InChI=1S/C10H12N2S2/c1-7-6-8-9(14-7)4-5-12(10(8)13)11(2)3/h4-6H,1-3H3. The second-order valence-corrected chi connectivity index (χ2v) is 5.12. The highest BCUT2D eigenvalue weighted by molar-refractivity contribution is 7.71. The molecule has 0 saturated carbocycles. The quantitative estimate of drug-likeness (QED) is 0.688. The van der Waals surface area contributed by atoms with Crippen LogP contribution in [0.4, 0.5) is 0 Å². The van der Waals surface area contributed by atoms with Gasteiger partial charge in [-0.25, -0.2) is 0 Å². The fourth-order valence-corrected chi connectivity index (χ4v) is 2.84. The predicted octanol–water partition coefficient (Wildman–Crippen LogP) is 2.94. The van der Waals surface area contributed by atoms with E-state index < -0.39 is 0 Å². The van der Waals surface area contributed by atoms with Gasteiger partial charge in [-0.2, -0.15) is 0 Å². The van der Waals surface area contributed by atoms with Gasteiger partial charge in [0.2, 0.25) is 0 Å². The summed E-state index contributed by atoms with van der Waals surface area (Å²) < 4.78 is 4.13. The SMILES string of the molecule is Cc1cc2c(=S)n(N(C)C)ccc2s1. The van der Waals surface area contributed by atoms with Gasteiger partial charge in [0.15, 0.2) is 0 Å². The topological polar surface area (TPSA) is 8.17 Å². The van der Waals surface area contributed by atoms with E-state index in [1.807, 2.05) is 30.0 Å². The molecule has 2 aromatic rings. The summed E-state index contributed by atoms with van der Waals surface area (Å²) in [5, 5.41) is 3.16. The van der Waals surface area contributed by atoms with E-state index in [-0.39, 0.29) is 0 Å². The van der Waals surface area contributed by atoms with Crippen LogP contribution in [0.15, 0.2) is 18.3 Å². The minimum atomic E-state index is 0.886. The van der Waals surface area contributed by atoms with E-state index >= 15 is 0 Å². The van der Waals surface area contributed by atoms with E-state index in [2.05, 4.69) is 19.1 Å². The number of hydrogen-bond acceptors (Lipinski definition) is 3. The normalized spacial score (nSPS) is 10.8. The Labute approximate surface area is 92.4 Å². The van der Waals surface area contributed by atoms with Crippen molar-refractivity contribution in [3.05, 3.63) is 27.8 Å². The van der Waals surface area contributed by atoms with Crippen LogP contribution >= 0.6 is 23.6 Å². The lowest BCUT2D eigenvalue weighted by atomic mass is 10.3. The molecule has 4 heteroatoms. The van der Waals surface area contributed by atoms with Gasteiger partial charge < -0.3 is 5.01 Å². The Hall–Kier alpha value is -0.870. The van der Waals surface area contributed by atoms with Crippen molar-refractivity contribution in [3.8, 4) is 0 Å². The van der Waals surface area contributed by atoms with Crippen LogP contribution in [-0.2, 0) is 0 Å². The van der Waals surface area contributed by atoms with Crippen molar-refractivity contribution in [2.45, 2.75) is 6.92 Å². The third-order valence-corrected chi connectivity index (χ3v) is 3.54. The summed E-state index contributed by atoms with van der Waals surface area (Å²) in [5.41, 5.74) is 0. The summed E-state index contributed by atoms with van der Waals surface area (Å²) in [7, 11) is 3.97. The molecule has 0 aliphatic carbocycles. The summed E-state index contributed by atoms with van der Waals surface area (Å²) in [5.74, 6) is 0. The van der Waals surface area contributed by atoms with E-state index in [0.717, 1.165) is 4.64 Å². The van der Waals surface area contributed by atoms with Crippen molar-refractivity contribution in [2.24, 2.45) is 0 Å². The maximum absolute atomic E-state index is 5.41. The summed E-state index contributed by atoms with van der Waals surface area (Å²) in [6.45, 7) is 2.11. The number of fused-ring (bicyclic) bond motifs is 1. The van der Waals surface area contributed by atoms with E-state index in [1.54, 1.807) is 11.3 Å². The second-order valence-electron chi connectivity index (χ2n) is 3.45. The number of thiophene rings is 1. The highest BCUT2D eigenvalue weighted by Gasteiger charge is 2.03. The largest absolute Gasteiger partial charge is 0.318 e. The first kappa shape index (κ1) is 9.68. The fraction of sp³-hybridized carbons (Fsp3) is 0.300. The number of aromatic nitrogens is 1. The average Bonchev–Trinajstić information content (AvgIpc) is 2.46. The molecule has 0 aliphatic rings. The minimum absolute atomic E-state index is 0.886. The summed E-state index contributed by atoms with van der Waals surface area (Å²) >= 11 is 7.20. The molecule has 0 fully saturated rings. The van der Waals surface area contributed by atoms with Gasteiger partial charge in [0.25, 0.3) is 0 Å². The zero-order valence-corrected chi connectivity index (χ0v) is 10.1. The molecule has 14 heavy (non-hydrogen) atoms. The van der Waals surface area contributed by atoms with Crippen LogP contribution in [0.25, 0.3) is 10.1 Å². The Morgan fingerprint density at radius 1 is 1.43 bits per heavy atom. The van der Waals surface area contributed by atoms with Crippen LogP contribution in [-0.4, -0.2) is 18.8 Å². The second kappa shape index (κ2) is 3.37. The molecule has 0 atom stereocenters. The van der Waals surface area contributed by atoms with E-state index in [9.17, 15) is 0 Å². The van der Waals surface area contributed by atoms with E-state index in [4.69, 9.17) is 12.2 Å². The third kappa shape index (κ3) is 1.44. The van der Waals surface area contributed by atoms with Gasteiger partial charge in [-0.3, -0.25) is 4.68 Å². The molecule has 0 aliphatic heterocycles. The lowest BCUT2D eigenvalue weighted by molar-refractivity contribution is 0.721. The first-order chi connectivity index (χ1) is 6.59. The highest BCUT2D eigenvalue weighted by atomic mass is 32.1. The molecule has 0 bridgehead atoms. The van der Waals surface area contributed by atoms with Crippen molar-refractivity contribution in [3.63, 3.8) is 0 Å². The first-order valence-corrected chi connectivity index (χ1v) is 5.61. The van der Waals surface area contributed by atoms with Gasteiger partial charge in [0, 0.05) is 35.3 Å². The average molecular weight is 224 g/mol. The minimum Gasteiger partial charge on any atom is -0.318 e. The number of rotatable bonds is 1. The molecule has 0 unspecified atom stereocenters. The summed E-state index contributed by atoms with van der Waals surface area (Å²) in [4.78, 5) is 1.31. The summed E-state index contributed by atoms with van der Waals surface area (Å²) in [6.07, 6.45) is 2.01. The highest BCUT2D eigenvalue weighted by Crippen LogP contribution is 2.25. The van der Waals surface area contributed by atoms with Crippen LogP contribution in [0.5, 0.6) is 0 Å². The Kier molecular flexibility index (Phi) is 2.33. The molecule has 0 N–H and O–H groups in total. The smallest absolute Gasteiger partial charge is 0.133 e. The predicted molar refractivity (Wildman–Crippen MR) is 65.5 cm³/mol. The monoisotopic (exact) mass is 224 g/mol. The van der Waals surface area contributed by atoms with Crippen molar-refractivity contribution in [2.75, 3.05) is 19.1 Å². The molecule has 2 rings (SSSR count). The maximum Gasteiger partial charge on any atom is 0.133 e. The molecular weight excluding hydrogens is 212 g/mol. The maximum atomic E-state index is 5.41. The van der Waals surface area contributed by atoms with E-state index in [0.29, 0.717) is 0 Å². The molecule has 0 amide bonds. The molecule has 2 aromatic heterocycles. The van der Waals surface area contributed by atoms with Crippen LogP contribution in [0.2, 0.25) is 0 Å². The van der Waals surface area contributed by atoms with Gasteiger partial charge >= 0.3 is 0 Å². The molecule has 0 spiro atoms. The van der Waals surface area contributed by atoms with Crippen LogP contribution in [0.1, 0.15) is 4.88 Å². The Morgan fingerprint density at radius 3 is 2.79 bits per heavy atom. The van der Waals surface area contributed by atoms with Gasteiger partial charge in [-0.1, -0.05) is 12.2 Å². The molecule has 0 saturated heterocycles. The number of hydrogen-bond donors (Lipinski definition) is 0. The number of nitrogens with zero attached hydrogens (tertiary/aromatic N) is 2. The van der Waals surface area contributed by atoms with Crippen LogP contribution in [0.3, 0.4) is 0 Å². The Morgan fingerprint density at radius 2 is 2.14 bits per heavy atom. The van der Waals surface area contributed by atoms with Crippen molar-refractivity contribution < 1.29 is 0 Å². The van der Waals surface area contributed by atoms with Crippen molar-refractivity contribution in [1.82, 2.24) is 4.68 Å². The Bertz CT molecular complexity index is 522. The zero-order valence-electron chi connectivity index (χ0n) is 8.44. The van der Waals surface area contributed by atoms with Gasteiger partial charge in [-0.15, -0.1) is 11.3 Å². The lowest BCUT2D eigenvalue weighted by Crippen LogP contribution is -2.25. The zero-order chi connectivity index (χ0) is 10.3. The van der Waals surface area contributed by atoms with Crippen LogP contribution < -0.4 is 5.01 Å².